The van der Waals surface area contributed by atoms with E-state index in [0.717, 1.165) is 42.9 Å². The number of carbonyl (C=O) groups is 1. The van der Waals surface area contributed by atoms with Crippen LogP contribution < -0.4 is 11.2 Å². The molecule has 4 heterocycles. The highest BCUT2D eigenvalue weighted by Crippen LogP contribution is 2.27. The van der Waals surface area contributed by atoms with Crippen LogP contribution in [0.3, 0.4) is 0 Å². The summed E-state index contributed by atoms with van der Waals surface area (Å²) in [6.07, 6.45) is 7.41. The number of nitrogen functional groups attached to an aromatic ring is 1. The van der Waals surface area contributed by atoms with Crippen LogP contribution in [0.15, 0.2) is 85.3 Å². The summed E-state index contributed by atoms with van der Waals surface area (Å²) in [5, 5.41) is 7.90. The summed E-state index contributed by atoms with van der Waals surface area (Å²) in [6, 6.07) is 21.9. The molecule has 0 spiro atoms. The quantitative estimate of drug-likeness (QED) is 0.331. The molecule has 1 amide bonds. The van der Waals surface area contributed by atoms with Gasteiger partial charge in [0.2, 0.25) is 0 Å². The normalized spacial score (nSPS) is 13.4. The molecule has 3 N–H and O–H groups in total. The minimum Gasteiger partial charge on any atom is -0.323 e. The van der Waals surface area contributed by atoms with Crippen molar-refractivity contribution in [3.05, 3.63) is 108 Å². The highest BCUT2D eigenvalue weighted by Gasteiger charge is 2.19. The predicted molar refractivity (Wildman–Crippen MR) is 144 cm³/mol. The van der Waals surface area contributed by atoms with Crippen molar-refractivity contribution in [1.29, 1.82) is 0 Å². The van der Waals surface area contributed by atoms with E-state index in [1.807, 2.05) is 60.9 Å². The molecule has 6 rings (SSSR count). The number of pyridine rings is 2. The van der Waals surface area contributed by atoms with Crippen LogP contribution in [-0.2, 0) is 13.0 Å². The number of hydrogen-bond donors (Lipinski definition) is 2. The number of aromatic nitrogens is 4. The number of nitrogens with zero attached hydrogens (tertiary/aromatic N) is 5. The molecule has 184 valence electrons. The molecule has 0 bridgehead atoms. The van der Waals surface area contributed by atoms with Gasteiger partial charge in [-0.1, -0.05) is 36.4 Å². The summed E-state index contributed by atoms with van der Waals surface area (Å²) in [7, 11) is 0. The number of fused-ring (bicyclic) bond motifs is 1. The average Bonchev–Trinajstić information content (AvgIpc) is 3.24. The first kappa shape index (κ1) is 22.9. The molecule has 0 aliphatic carbocycles. The second-order valence-corrected chi connectivity index (χ2v) is 9.39. The smallest absolute Gasteiger partial charge is 0.276 e. The van der Waals surface area contributed by atoms with Gasteiger partial charge in [-0.05, 0) is 66.5 Å². The van der Waals surface area contributed by atoms with Gasteiger partial charge in [-0.25, -0.2) is 0 Å². The van der Waals surface area contributed by atoms with E-state index < -0.39 is 0 Å². The zero-order chi connectivity index (χ0) is 25.2. The maximum atomic E-state index is 13.2. The Hall–Kier alpha value is -4.56. The van der Waals surface area contributed by atoms with Crippen molar-refractivity contribution in [3.8, 4) is 11.1 Å². The fraction of sp³-hybridized carbons (Fsp3) is 0.172. The molecule has 3 aromatic heterocycles. The standard InChI is InChI=1S/C29H27N7O/c30-36-27-10-7-22(23-13-21(16-31-17-23)19-35-11-4-12-35)15-26(27)28(34-36)29(37)33-25-9-8-24(32-18-25)14-20-5-2-1-3-6-20/h1-3,5-10,13,15-18H,4,11-12,14,19,30H2,(H,33,37). The Morgan fingerprint density at radius 1 is 0.919 bits per heavy atom. The number of benzene rings is 2. The predicted octanol–water partition coefficient (Wildman–Crippen LogP) is 4.26. The van der Waals surface area contributed by atoms with E-state index in [4.69, 9.17) is 5.84 Å². The third kappa shape index (κ3) is 4.92. The van der Waals surface area contributed by atoms with Gasteiger partial charge in [0.25, 0.3) is 5.91 Å². The van der Waals surface area contributed by atoms with Crippen LogP contribution in [0.25, 0.3) is 22.0 Å². The summed E-state index contributed by atoms with van der Waals surface area (Å²) in [5.41, 5.74) is 6.77. The van der Waals surface area contributed by atoms with Crippen LogP contribution in [-0.4, -0.2) is 43.8 Å². The molecular weight excluding hydrogens is 462 g/mol. The Kier molecular flexibility index (Phi) is 6.08. The lowest BCUT2D eigenvalue weighted by Gasteiger charge is -2.30. The maximum Gasteiger partial charge on any atom is 0.276 e. The molecule has 8 heteroatoms. The molecular formula is C29H27N7O. The van der Waals surface area contributed by atoms with Crippen LogP contribution in [0.5, 0.6) is 0 Å². The van der Waals surface area contributed by atoms with Crippen molar-refractivity contribution in [2.75, 3.05) is 24.2 Å². The number of anilines is 1. The Morgan fingerprint density at radius 2 is 1.78 bits per heavy atom. The molecule has 37 heavy (non-hydrogen) atoms. The summed E-state index contributed by atoms with van der Waals surface area (Å²) in [5.74, 6) is 5.75. The molecule has 8 nitrogen and oxygen atoms in total. The Bertz CT molecular complexity index is 1560. The average molecular weight is 490 g/mol. The number of nitrogens with two attached hydrogens (primary N) is 1. The first-order valence-electron chi connectivity index (χ1n) is 12.4. The summed E-state index contributed by atoms with van der Waals surface area (Å²) < 4.78 is 0. The molecule has 0 radical (unpaired) electrons. The van der Waals surface area contributed by atoms with Crippen LogP contribution in [0.4, 0.5) is 5.69 Å². The minimum absolute atomic E-state index is 0.261. The number of nitrogens with one attached hydrogen (secondary N) is 1. The topological polar surface area (TPSA) is 102 Å². The van der Waals surface area contributed by atoms with E-state index in [2.05, 4.69) is 43.5 Å². The fourth-order valence-electron chi connectivity index (χ4n) is 4.62. The van der Waals surface area contributed by atoms with Gasteiger partial charge in [-0.2, -0.15) is 4.79 Å². The maximum absolute atomic E-state index is 13.2. The first-order chi connectivity index (χ1) is 18.1. The van der Waals surface area contributed by atoms with Gasteiger partial charge >= 0.3 is 0 Å². The largest absolute Gasteiger partial charge is 0.323 e. The number of rotatable bonds is 7. The van der Waals surface area contributed by atoms with E-state index in [-0.39, 0.29) is 11.6 Å². The van der Waals surface area contributed by atoms with Crippen molar-refractivity contribution >= 4 is 22.5 Å². The lowest BCUT2D eigenvalue weighted by molar-refractivity contribution is 0.102. The molecule has 0 saturated carbocycles. The van der Waals surface area contributed by atoms with Crippen molar-refractivity contribution in [1.82, 2.24) is 24.8 Å². The third-order valence-corrected chi connectivity index (χ3v) is 6.72. The van der Waals surface area contributed by atoms with Crippen LogP contribution in [0, 0.1) is 0 Å². The number of amides is 1. The molecule has 1 fully saturated rings. The van der Waals surface area contributed by atoms with E-state index in [9.17, 15) is 4.79 Å². The van der Waals surface area contributed by atoms with E-state index in [1.165, 1.54) is 22.3 Å². The van der Waals surface area contributed by atoms with E-state index in [0.29, 0.717) is 16.6 Å². The highest BCUT2D eigenvalue weighted by molar-refractivity contribution is 6.11. The number of hydrogen-bond acceptors (Lipinski definition) is 6. The Balaban J connectivity index is 1.22. The highest BCUT2D eigenvalue weighted by atomic mass is 16.2. The summed E-state index contributed by atoms with van der Waals surface area (Å²) >= 11 is 0. The van der Waals surface area contributed by atoms with Gasteiger partial charge in [0, 0.05) is 42.0 Å². The van der Waals surface area contributed by atoms with Gasteiger partial charge in [0.15, 0.2) is 5.69 Å². The number of likely N-dealkylation sites (tertiary alicyclic amines) is 1. The Morgan fingerprint density at radius 3 is 2.54 bits per heavy atom. The molecule has 1 aliphatic heterocycles. The Labute approximate surface area is 214 Å². The fourth-order valence-corrected chi connectivity index (χ4v) is 4.62. The van der Waals surface area contributed by atoms with Gasteiger partial charge in [-0.15, -0.1) is 5.10 Å². The van der Waals surface area contributed by atoms with Crippen molar-refractivity contribution in [2.24, 2.45) is 0 Å². The molecule has 5 aromatic rings. The lowest BCUT2D eigenvalue weighted by Crippen LogP contribution is -2.36. The number of carbonyl (C=O) groups excluding carboxylic acids is 1. The van der Waals surface area contributed by atoms with Gasteiger partial charge < -0.3 is 11.2 Å². The van der Waals surface area contributed by atoms with Crippen LogP contribution in [0.2, 0.25) is 0 Å². The molecule has 1 aliphatic rings. The van der Waals surface area contributed by atoms with E-state index >= 15 is 0 Å². The van der Waals surface area contributed by atoms with Crippen molar-refractivity contribution in [2.45, 2.75) is 19.4 Å². The zero-order valence-electron chi connectivity index (χ0n) is 20.3. The minimum atomic E-state index is -0.339. The second kappa shape index (κ2) is 9.83. The molecule has 2 aromatic carbocycles. The SMILES string of the molecule is Nn1nc(C(=O)Nc2ccc(Cc3ccccc3)nc2)c2cc(-c3cncc(CN4CCC4)c3)ccc21. The van der Waals surface area contributed by atoms with Crippen LogP contribution >= 0.6 is 0 Å². The zero-order valence-corrected chi connectivity index (χ0v) is 20.3. The molecule has 0 atom stereocenters. The van der Waals surface area contributed by atoms with Gasteiger partial charge in [0.1, 0.15) is 0 Å². The van der Waals surface area contributed by atoms with Gasteiger partial charge in [0.05, 0.1) is 17.4 Å². The molecule has 0 unspecified atom stereocenters. The van der Waals surface area contributed by atoms with Crippen LogP contribution in [0.1, 0.15) is 33.7 Å². The monoisotopic (exact) mass is 489 g/mol. The van der Waals surface area contributed by atoms with Gasteiger partial charge in [-0.3, -0.25) is 19.7 Å². The lowest BCUT2D eigenvalue weighted by atomic mass is 10.0. The van der Waals surface area contributed by atoms with Crippen molar-refractivity contribution < 1.29 is 4.79 Å². The first-order valence-corrected chi connectivity index (χ1v) is 12.4. The van der Waals surface area contributed by atoms with Crippen molar-refractivity contribution in [3.63, 3.8) is 0 Å². The van der Waals surface area contributed by atoms with E-state index in [1.54, 1.807) is 6.20 Å². The second-order valence-electron chi connectivity index (χ2n) is 9.39. The third-order valence-electron chi connectivity index (χ3n) is 6.72. The summed E-state index contributed by atoms with van der Waals surface area (Å²) in [4.78, 5) is 25.8. The molecule has 1 saturated heterocycles. The summed E-state index contributed by atoms with van der Waals surface area (Å²) in [6.45, 7) is 3.17.